The highest BCUT2D eigenvalue weighted by Crippen LogP contribution is 2.33. The molecule has 0 spiro atoms. The van der Waals surface area contributed by atoms with Crippen LogP contribution < -0.4 is 5.73 Å². The van der Waals surface area contributed by atoms with E-state index in [2.05, 4.69) is 77.5 Å². The first-order chi connectivity index (χ1) is 12.2. The Morgan fingerprint density at radius 1 is 1.00 bits per heavy atom. The third-order valence-electron chi connectivity index (χ3n) is 5.37. The maximum absolute atomic E-state index is 6.10. The minimum absolute atomic E-state index is 0. The fourth-order valence-corrected chi connectivity index (χ4v) is 4.17. The lowest BCUT2D eigenvalue weighted by Crippen LogP contribution is -2.23. The SMILES string of the molecule is Cc1cc(CN2C[C@@H](CN)[C@H](c3ccccc3)C2)c2ccccc2n1.Cl.Cl. The van der Waals surface area contributed by atoms with Crippen LogP contribution >= 0.6 is 24.8 Å². The average molecular weight is 404 g/mol. The topological polar surface area (TPSA) is 42.1 Å². The zero-order chi connectivity index (χ0) is 17.2. The van der Waals surface area contributed by atoms with Gasteiger partial charge in [-0.05, 0) is 42.6 Å². The molecule has 0 unspecified atom stereocenters. The van der Waals surface area contributed by atoms with Crippen molar-refractivity contribution in [2.45, 2.75) is 19.4 Å². The number of hydrogen-bond acceptors (Lipinski definition) is 3. The number of benzene rings is 2. The number of fused-ring (bicyclic) bond motifs is 1. The van der Waals surface area contributed by atoms with Gasteiger partial charge in [-0.25, -0.2) is 0 Å². The van der Waals surface area contributed by atoms with E-state index in [0.29, 0.717) is 11.8 Å². The van der Waals surface area contributed by atoms with Crippen molar-refractivity contribution in [1.82, 2.24) is 9.88 Å². The number of aromatic nitrogens is 1. The van der Waals surface area contributed by atoms with Crippen molar-refractivity contribution in [3.8, 4) is 0 Å². The Bertz CT molecular complexity index is 870. The van der Waals surface area contributed by atoms with Crippen molar-refractivity contribution < 1.29 is 0 Å². The summed E-state index contributed by atoms with van der Waals surface area (Å²) >= 11 is 0. The summed E-state index contributed by atoms with van der Waals surface area (Å²) in [5, 5.41) is 1.26. The van der Waals surface area contributed by atoms with Gasteiger partial charge in [-0.15, -0.1) is 24.8 Å². The monoisotopic (exact) mass is 403 g/mol. The number of nitrogens with zero attached hydrogens (tertiary/aromatic N) is 2. The number of para-hydroxylation sites is 1. The van der Waals surface area contributed by atoms with E-state index in [4.69, 9.17) is 5.73 Å². The second-order valence-corrected chi connectivity index (χ2v) is 7.15. The molecule has 1 fully saturated rings. The Morgan fingerprint density at radius 2 is 1.70 bits per heavy atom. The lowest BCUT2D eigenvalue weighted by molar-refractivity contribution is 0.318. The van der Waals surface area contributed by atoms with Crippen LogP contribution in [0.4, 0.5) is 0 Å². The van der Waals surface area contributed by atoms with Crippen molar-refractivity contribution in [2.24, 2.45) is 11.7 Å². The lowest BCUT2D eigenvalue weighted by atomic mass is 9.89. The van der Waals surface area contributed by atoms with Gasteiger partial charge in [0.15, 0.2) is 0 Å². The van der Waals surface area contributed by atoms with Crippen LogP contribution in [0.1, 0.15) is 22.7 Å². The van der Waals surface area contributed by atoms with E-state index in [9.17, 15) is 0 Å². The van der Waals surface area contributed by atoms with Gasteiger partial charge in [0.2, 0.25) is 0 Å². The summed E-state index contributed by atoms with van der Waals surface area (Å²) in [6.07, 6.45) is 0. The summed E-state index contributed by atoms with van der Waals surface area (Å²) in [5.74, 6) is 1.05. The molecule has 0 radical (unpaired) electrons. The zero-order valence-electron chi connectivity index (χ0n) is 15.5. The van der Waals surface area contributed by atoms with E-state index in [-0.39, 0.29) is 24.8 Å². The summed E-state index contributed by atoms with van der Waals surface area (Å²) in [6.45, 7) is 5.92. The van der Waals surface area contributed by atoms with Crippen molar-refractivity contribution >= 4 is 35.7 Å². The maximum atomic E-state index is 6.10. The normalized spacial score (nSPS) is 19.5. The number of aryl methyl sites for hydroxylation is 1. The molecule has 1 aromatic heterocycles. The molecule has 4 rings (SSSR count). The molecule has 3 aromatic rings. The maximum Gasteiger partial charge on any atom is 0.0708 e. The average Bonchev–Trinajstić information content (AvgIpc) is 3.05. The van der Waals surface area contributed by atoms with Crippen LogP contribution in [0.3, 0.4) is 0 Å². The van der Waals surface area contributed by atoms with Crippen LogP contribution in [0.15, 0.2) is 60.7 Å². The first-order valence-electron chi connectivity index (χ1n) is 9.07. The number of nitrogens with two attached hydrogens (primary N) is 1. The van der Waals surface area contributed by atoms with E-state index >= 15 is 0 Å². The molecular weight excluding hydrogens is 377 g/mol. The van der Waals surface area contributed by atoms with Gasteiger partial charge in [0.05, 0.1) is 5.52 Å². The molecule has 27 heavy (non-hydrogen) atoms. The predicted octanol–water partition coefficient (Wildman–Crippen LogP) is 4.56. The molecule has 1 saturated heterocycles. The van der Waals surface area contributed by atoms with Gasteiger partial charge in [-0.2, -0.15) is 0 Å². The fourth-order valence-electron chi connectivity index (χ4n) is 4.17. The Balaban J connectivity index is 0.00000131. The van der Waals surface area contributed by atoms with Crippen molar-refractivity contribution in [1.29, 1.82) is 0 Å². The predicted molar refractivity (Wildman–Crippen MR) is 118 cm³/mol. The summed E-state index contributed by atoms with van der Waals surface area (Å²) in [4.78, 5) is 7.22. The molecule has 2 atom stereocenters. The minimum Gasteiger partial charge on any atom is -0.330 e. The lowest BCUT2D eigenvalue weighted by Gasteiger charge is -2.18. The number of pyridine rings is 1. The van der Waals surface area contributed by atoms with Gasteiger partial charge in [-0.1, -0.05) is 48.5 Å². The van der Waals surface area contributed by atoms with Gasteiger partial charge >= 0.3 is 0 Å². The van der Waals surface area contributed by atoms with Crippen LogP contribution in [0.25, 0.3) is 10.9 Å². The third-order valence-corrected chi connectivity index (χ3v) is 5.37. The minimum atomic E-state index is 0. The summed E-state index contributed by atoms with van der Waals surface area (Å²) < 4.78 is 0. The molecule has 0 aliphatic carbocycles. The summed E-state index contributed by atoms with van der Waals surface area (Å²) in [5.41, 5.74) is 11.1. The Kier molecular flexibility index (Phi) is 7.63. The van der Waals surface area contributed by atoms with E-state index in [1.807, 2.05) is 0 Å². The summed E-state index contributed by atoms with van der Waals surface area (Å²) in [7, 11) is 0. The Morgan fingerprint density at radius 3 is 2.44 bits per heavy atom. The second kappa shape index (κ2) is 9.52. The second-order valence-electron chi connectivity index (χ2n) is 7.15. The quantitative estimate of drug-likeness (QED) is 0.693. The molecule has 0 saturated carbocycles. The number of halogens is 2. The zero-order valence-corrected chi connectivity index (χ0v) is 17.2. The highest BCUT2D eigenvalue weighted by atomic mass is 35.5. The van der Waals surface area contributed by atoms with E-state index < -0.39 is 0 Å². The van der Waals surface area contributed by atoms with Gasteiger partial charge in [0.25, 0.3) is 0 Å². The molecule has 3 nitrogen and oxygen atoms in total. The third kappa shape index (κ3) is 4.61. The Hall–Kier alpha value is -1.65. The van der Waals surface area contributed by atoms with Gasteiger partial charge in [0, 0.05) is 36.6 Å². The van der Waals surface area contributed by atoms with Crippen molar-refractivity contribution in [3.63, 3.8) is 0 Å². The molecule has 1 aliphatic heterocycles. The van der Waals surface area contributed by atoms with Gasteiger partial charge < -0.3 is 5.73 Å². The fraction of sp³-hybridized carbons (Fsp3) is 0.318. The van der Waals surface area contributed by atoms with Crippen molar-refractivity contribution in [3.05, 3.63) is 77.5 Å². The molecule has 1 aliphatic rings. The van der Waals surface area contributed by atoms with E-state index in [1.54, 1.807) is 0 Å². The highest BCUT2D eigenvalue weighted by Gasteiger charge is 2.32. The van der Waals surface area contributed by atoms with Crippen LogP contribution in [0.2, 0.25) is 0 Å². The highest BCUT2D eigenvalue weighted by molar-refractivity contribution is 5.85. The molecule has 2 heterocycles. The Labute approximate surface area is 173 Å². The smallest absolute Gasteiger partial charge is 0.0708 e. The first kappa shape index (κ1) is 21.6. The van der Waals surface area contributed by atoms with Crippen molar-refractivity contribution in [2.75, 3.05) is 19.6 Å². The molecule has 144 valence electrons. The van der Waals surface area contributed by atoms with E-state index in [1.165, 1.54) is 16.5 Å². The van der Waals surface area contributed by atoms with Gasteiger partial charge in [0.1, 0.15) is 0 Å². The molecule has 2 N–H and O–H groups in total. The first-order valence-corrected chi connectivity index (χ1v) is 9.07. The molecule has 0 amide bonds. The largest absolute Gasteiger partial charge is 0.330 e. The number of rotatable bonds is 4. The standard InChI is InChI=1S/C22H25N3.2ClH/c1-16-11-18(20-9-5-6-10-22(20)24-16)13-25-14-19(12-23)21(15-25)17-7-3-2-4-8-17;;/h2-11,19,21H,12-15,23H2,1H3;2*1H/t19-,21+;;/m1../s1. The van der Waals surface area contributed by atoms with Crippen LogP contribution in [-0.2, 0) is 6.54 Å². The van der Waals surface area contributed by atoms with Crippen LogP contribution in [0, 0.1) is 12.8 Å². The number of likely N-dealkylation sites (tertiary alicyclic amines) is 1. The van der Waals surface area contributed by atoms with Crippen LogP contribution in [-0.4, -0.2) is 29.5 Å². The van der Waals surface area contributed by atoms with E-state index in [0.717, 1.165) is 37.4 Å². The molecular formula is C22H27Cl2N3. The molecule has 0 bridgehead atoms. The molecule has 2 aromatic carbocycles. The number of hydrogen-bond donors (Lipinski definition) is 1. The van der Waals surface area contributed by atoms with Crippen LogP contribution in [0.5, 0.6) is 0 Å². The molecule has 5 heteroatoms. The summed E-state index contributed by atoms with van der Waals surface area (Å²) in [6, 6.07) is 21.5. The van der Waals surface area contributed by atoms with Gasteiger partial charge in [-0.3, -0.25) is 9.88 Å².